The number of carbonyl (C=O) groups is 1. The fourth-order valence-electron chi connectivity index (χ4n) is 4.78. The monoisotopic (exact) mass is 515 g/mol. The van der Waals surface area contributed by atoms with Crippen LogP contribution in [0.4, 0.5) is 5.82 Å². The molecule has 38 heavy (non-hydrogen) atoms. The molecule has 3 aromatic rings. The lowest BCUT2D eigenvalue weighted by Crippen LogP contribution is -2.50. The van der Waals surface area contributed by atoms with Crippen LogP contribution in [0.2, 0.25) is 0 Å². The Balaban J connectivity index is 1.33. The van der Waals surface area contributed by atoms with Crippen molar-refractivity contribution in [3.63, 3.8) is 0 Å². The molecule has 2 aliphatic heterocycles. The zero-order valence-electron chi connectivity index (χ0n) is 21.8. The topological polar surface area (TPSA) is 108 Å². The predicted molar refractivity (Wildman–Crippen MR) is 144 cm³/mol. The molecule has 1 amide bonds. The Labute approximate surface area is 222 Å². The summed E-state index contributed by atoms with van der Waals surface area (Å²) in [5, 5.41) is 17.4. The number of nitrogens with one attached hydrogen (secondary N) is 1. The number of hydrogen-bond acceptors (Lipinski definition) is 8. The fraction of sp³-hybridized carbons (Fsp3) is 0.429. The fourth-order valence-corrected chi connectivity index (χ4v) is 4.78. The first-order chi connectivity index (χ1) is 18.5. The Morgan fingerprint density at radius 3 is 2.82 bits per heavy atom. The Hall–Kier alpha value is -3.94. The number of ether oxygens (including phenoxy) is 2. The van der Waals surface area contributed by atoms with Gasteiger partial charge in [-0.3, -0.25) is 4.79 Å². The average molecular weight is 516 g/mol. The highest BCUT2D eigenvalue weighted by molar-refractivity contribution is 5.85. The second-order valence-corrected chi connectivity index (χ2v) is 9.87. The van der Waals surface area contributed by atoms with Gasteiger partial charge in [-0.1, -0.05) is 13.0 Å². The molecule has 1 N–H and O–H groups in total. The highest BCUT2D eigenvalue weighted by Gasteiger charge is 2.24. The third kappa shape index (κ3) is 5.35. The largest absolute Gasteiger partial charge is 0.489 e. The van der Waals surface area contributed by atoms with Gasteiger partial charge in [0.05, 0.1) is 36.0 Å². The number of amides is 1. The van der Waals surface area contributed by atoms with Crippen molar-refractivity contribution in [2.45, 2.75) is 26.0 Å². The third-order valence-electron chi connectivity index (χ3n) is 7.14. The molecule has 10 nitrogen and oxygen atoms in total. The number of pyridine rings is 2. The first-order valence-corrected chi connectivity index (χ1v) is 13.0. The van der Waals surface area contributed by atoms with Gasteiger partial charge in [0.15, 0.2) is 0 Å². The molecule has 5 rings (SSSR count). The normalized spacial score (nSPS) is 20.7. The second-order valence-electron chi connectivity index (χ2n) is 9.87. The Bertz CT molecular complexity index is 1330. The molecule has 0 aliphatic carbocycles. The van der Waals surface area contributed by atoms with Crippen molar-refractivity contribution in [1.29, 1.82) is 5.26 Å². The molecule has 2 saturated heterocycles. The number of nitriles is 1. The van der Waals surface area contributed by atoms with Crippen LogP contribution in [0.25, 0.3) is 16.6 Å². The van der Waals surface area contributed by atoms with E-state index in [4.69, 9.17) is 14.5 Å². The molecule has 3 atom stereocenters. The molecule has 1 unspecified atom stereocenters. The smallest absolute Gasteiger partial charge is 0.229 e. The Morgan fingerprint density at radius 2 is 2.16 bits per heavy atom. The number of morpholine rings is 1. The first-order valence-electron chi connectivity index (χ1n) is 13.0. The summed E-state index contributed by atoms with van der Waals surface area (Å²) in [6, 6.07) is 8.49. The standard InChI is InChI=1S/C28H33N7O3/c1-4-19(2)28(36)34-9-7-33(8-10-34)26-6-5-21(13-31-26)25-11-23(16-35-27(25)22(12-29)14-32-35)38-18-24-15-30-20(3)17-37-24/h4-6,11,13-14,16,19-20,24,30H,1,7-10,15,17-18H2,2-3H3/t19?,20-,24+/m1/s1. The maximum Gasteiger partial charge on any atom is 0.229 e. The minimum Gasteiger partial charge on any atom is -0.489 e. The van der Waals surface area contributed by atoms with Gasteiger partial charge >= 0.3 is 0 Å². The molecular formula is C28H33N7O3. The molecule has 0 saturated carbocycles. The molecule has 2 aliphatic rings. The molecule has 0 radical (unpaired) electrons. The van der Waals surface area contributed by atoms with Crippen LogP contribution in [-0.4, -0.2) is 83.5 Å². The van der Waals surface area contributed by atoms with E-state index in [9.17, 15) is 10.1 Å². The number of rotatable bonds is 7. The van der Waals surface area contributed by atoms with Gasteiger partial charge in [0.2, 0.25) is 5.91 Å². The van der Waals surface area contributed by atoms with Crippen LogP contribution in [0.5, 0.6) is 5.75 Å². The minimum atomic E-state index is -0.173. The summed E-state index contributed by atoms with van der Waals surface area (Å²) in [7, 11) is 0. The quantitative estimate of drug-likeness (QED) is 0.478. The predicted octanol–water partition coefficient (Wildman–Crippen LogP) is 2.49. The maximum absolute atomic E-state index is 12.5. The van der Waals surface area contributed by atoms with Crippen LogP contribution in [0.1, 0.15) is 19.4 Å². The van der Waals surface area contributed by atoms with Crippen LogP contribution in [-0.2, 0) is 9.53 Å². The first kappa shape index (κ1) is 25.7. The Morgan fingerprint density at radius 1 is 1.34 bits per heavy atom. The van der Waals surface area contributed by atoms with Crippen LogP contribution >= 0.6 is 0 Å². The lowest BCUT2D eigenvalue weighted by atomic mass is 10.1. The van der Waals surface area contributed by atoms with Crippen molar-refractivity contribution < 1.29 is 14.3 Å². The van der Waals surface area contributed by atoms with E-state index in [1.807, 2.05) is 36.2 Å². The molecule has 0 spiro atoms. The van der Waals surface area contributed by atoms with Crippen LogP contribution in [0, 0.1) is 17.2 Å². The van der Waals surface area contributed by atoms with Crippen LogP contribution in [0.3, 0.4) is 0 Å². The highest BCUT2D eigenvalue weighted by atomic mass is 16.5. The van der Waals surface area contributed by atoms with Crippen molar-refractivity contribution >= 4 is 17.2 Å². The molecule has 0 bridgehead atoms. The SMILES string of the molecule is C=CC(C)C(=O)N1CCN(c2ccc(-c3cc(OC[C@@H]4CN[C@H](C)CO4)cn4ncc(C#N)c34)cn2)CC1. The summed E-state index contributed by atoms with van der Waals surface area (Å²) in [4.78, 5) is 21.3. The zero-order valence-corrected chi connectivity index (χ0v) is 21.8. The second kappa shape index (κ2) is 11.2. The molecule has 3 aromatic heterocycles. The lowest BCUT2D eigenvalue weighted by molar-refractivity contribution is -0.133. The van der Waals surface area contributed by atoms with E-state index in [2.05, 4.69) is 34.9 Å². The summed E-state index contributed by atoms with van der Waals surface area (Å²) in [5.41, 5.74) is 2.88. The molecule has 2 fully saturated rings. The van der Waals surface area contributed by atoms with Crippen molar-refractivity contribution in [2.24, 2.45) is 5.92 Å². The van der Waals surface area contributed by atoms with Crippen LogP contribution in [0.15, 0.2) is 49.4 Å². The number of anilines is 1. The van der Waals surface area contributed by atoms with Gasteiger partial charge in [-0.25, -0.2) is 9.50 Å². The average Bonchev–Trinajstić information content (AvgIpc) is 3.39. The molecular weight excluding hydrogens is 482 g/mol. The number of carbonyl (C=O) groups excluding carboxylic acids is 1. The van der Waals surface area contributed by atoms with Crippen molar-refractivity contribution in [3.05, 3.63) is 55.0 Å². The number of hydrogen-bond donors (Lipinski definition) is 1. The third-order valence-corrected chi connectivity index (χ3v) is 7.14. The van der Waals surface area contributed by atoms with E-state index >= 15 is 0 Å². The van der Waals surface area contributed by atoms with E-state index in [0.29, 0.717) is 62.3 Å². The van der Waals surface area contributed by atoms with Gasteiger partial charge in [-0.15, -0.1) is 6.58 Å². The minimum absolute atomic E-state index is 0.0330. The van der Waals surface area contributed by atoms with Crippen molar-refractivity contribution in [1.82, 2.24) is 24.8 Å². The van der Waals surface area contributed by atoms with Gasteiger partial charge in [0.1, 0.15) is 30.3 Å². The van der Waals surface area contributed by atoms with Gasteiger partial charge in [-0.2, -0.15) is 10.4 Å². The Kier molecular flexibility index (Phi) is 7.58. The number of aromatic nitrogens is 3. The summed E-state index contributed by atoms with van der Waals surface area (Å²) in [6.07, 6.45) is 6.82. The zero-order chi connectivity index (χ0) is 26.6. The maximum atomic E-state index is 12.5. The van der Waals surface area contributed by atoms with E-state index < -0.39 is 0 Å². The van der Waals surface area contributed by atoms with E-state index in [-0.39, 0.29) is 17.9 Å². The molecule has 0 aromatic carbocycles. The highest BCUT2D eigenvalue weighted by Crippen LogP contribution is 2.31. The van der Waals surface area contributed by atoms with E-state index in [1.54, 1.807) is 23.0 Å². The molecule has 198 valence electrons. The number of nitrogens with zero attached hydrogens (tertiary/aromatic N) is 6. The molecule has 5 heterocycles. The van der Waals surface area contributed by atoms with E-state index in [0.717, 1.165) is 23.5 Å². The number of fused-ring (bicyclic) bond motifs is 1. The van der Waals surface area contributed by atoms with E-state index in [1.165, 1.54) is 0 Å². The molecule has 10 heteroatoms. The summed E-state index contributed by atoms with van der Waals surface area (Å²) in [5.74, 6) is 1.43. The summed E-state index contributed by atoms with van der Waals surface area (Å²) >= 11 is 0. The van der Waals surface area contributed by atoms with Gasteiger partial charge < -0.3 is 24.6 Å². The van der Waals surface area contributed by atoms with Crippen LogP contribution < -0.4 is 15.0 Å². The lowest BCUT2D eigenvalue weighted by Gasteiger charge is -2.36. The van der Waals surface area contributed by atoms with Gasteiger partial charge in [-0.05, 0) is 25.1 Å². The number of piperazine rings is 1. The van der Waals surface area contributed by atoms with Crippen molar-refractivity contribution in [2.75, 3.05) is 50.8 Å². The van der Waals surface area contributed by atoms with Gasteiger partial charge in [0.25, 0.3) is 0 Å². The summed E-state index contributed by atoms with van der Waals surface area (Å²) in [6.45, 7) is 12.2. The van der Waals surface area contributed by atoms with Gasteiger partial charge in [0, 0.05) is 56.1 Å². The van der Waals surface area contributed by atoms with Crippen molar-refractivity contribution in [3.8, 4) is 22.9 Å². The summed E-state index contributed by atoms with van der Waals surface area (Å²) < 4.78 is 13.6.